The lowest BCUT2D eigenvalue weighted by Crippen LogP contribution is -2.12. The van der Waals surface area contributed by atoms with Gasteiger partial charge in [0.1, 0.15) is 6.54 Å². The van der Waals surface area contributed by atoms with E-state index in [1.165, 1.54) is 30.3 Å². The summed E-state index contributed by atoms with van der Waals surface area (Å²) in [5, 5.41) is 22.0. The molecule has 0 spiro atoms. The smallest absolute Gasteiger partial charge is 0.322 e. The lowest BCUT2D eigenvalue weighted by Gasteiger charge is -2.06. The topological polar surface area (TPSA) is 110 Å². The van der Waals surface area contributed by atoms with Crippen LogP contribution in [0.1, 0.15) is 15.9 Å². The zero-order chi connectivity index (χ0) is 16.1. The number of nitrogens with one attached hydrogen (secondary N) is 1. The Morgan fingerprint density at radius 1 is 1.09 bits per heavy atom. The zero-order valence-corrected chi connectivity index (χ0v) is 11.4. The fraction of sp³-hybridized carbons (Fsp3) is 0.0667. The molecule has 0 aliphatic rings. The van der Waals surface area contributed by atoms with Crippen LogP contribution in [0.4, 0.5) is 11.4 Å². The molecule has 0 amide bonds. The number of carbonyl (C=O) groups is 2. The molecule has 0 aliphatic heterocycles. The maximum absolute atomic E-state index is 12.3. The maximum Gasteiger partial charge on any atom is 0.322 e. The van der Waals surface area contributed by atoms with Crippen LogP contribution in [0.25, 0.3) is 0 Å². The largest absolute Gasteiger partial charge is 0.480 e. The van der Waals surface area contributed by atoms with Gasteiger partial charge in [-0.2, -0.15) is 0 Å². The van der Waals surface area contributed by atoms with Crippen molar-refractivity contribution < 1.29 is 19.6 Å². The minimum Gasteiger partial charge on any atom is -0.480 e. The second kappa shape index (κ2) is 6.49. The molecule has 112 valence electrons. The SMILES string of the molecule is O=C(O)CNc1cccc(C(=O)c2cccc([N+](=O)[O-])c2)c1. The van der Waals surface area contributed by atoms with Crippen LogP contribution in [0.5, 0.6) is 0 Å². The molecular formula is C15H12N2O5. The molecule has 0 saturated heterocycles. The van der Waals surface area contributed by atoms with Gasteiger partial charge in [-0.25, -0.2) is 0 Å². The molecule has 7 nitrogen and oxygen atoms in total. The number of carbonyl (C=O) groups excluding carboxylic acids is 1. The van der Waals surface area contributed by atoms with Crippen LogP contribution in [-0.4, -0.2) is 28.3 Å². The van der Waals surface area contributed by atoms with Crippen molar-refractivity contribution in [1.29, 1.82) is 0 Å². The number of nitrogens with zero attached hydrogens (tertiary/aromatic N) is 1. The number of nitro benzene ring substituents is 1. The average Bonchev–Trinajstić information content (AvgIpc) is 2.52. The van der Waals surface area contributed by atoms with Crippen LogP contribution in [0.3, 0.4) is 0 Å². The molecule has 2 aromatic rings. The van der Waals surface area contributed by atoms with Crippen molar-refractivity contribution in [3.05, 3.63) is 69.8 Å². The lowest BCUT2D eigenvalue weighted by atomic mass is 10.0. The molecule has 0 saturated carbocycles. The van der Waals surface area contributed by atoms with Crippen molar-refractivity contribution in [2.75, 3.05) is 11.9 Å². The molecule has 0 aromatic heterocycles. The molecule has 0 fully saturated rings. The van der Waals surface area contributed by atoms with E-state index in [2.05, 4.69) is 5.32 Å². The van der Waals surface area contributed by atoms with Crippen molar-refractivity contribution in [2.45, 2.75) is 0 Å². The van der Waals surface area contributed by atoms with E-state index in [0.29, 0.717) is 11.3 Å². The Bertz CT molecular complexity index is 742. The van der Waals surface area contributed by atoms with Crippen LogP contribution in [0.15, 0.2) is 48.5 Å². The van der Waals surface area contributed by atoms with E-state index in [1.807, 2.05) is 0 Å². The Morgan fingerprint density at radius 2 is 1.73 bits per heavy atom. The molecule has 0 heterocycles. The second-order valence-electron chi connectivity index (χ2n) is 4.46. The van der Waals surface area contributed by atoms with Gasteiger partial charge in [0.05, 0.1) is 4.92 Å². The van der Waals surface area contributed by atoms with E-state index in [9.17, 15) is 19.7 Å². The summed E-state index contributed by atoms with van der Waals surface area (Å²) in [4.78, 5) is 33.0. The van der Waals surface area contributed by atoms with E-state index >= 15 is 0 Å². The standard InChI is InChI=1S/C15H12N2O5/c18-14(19)9-16-12-5-1-3-10(7-12)15(20)11-4-2-6-13(8-11)17(21)22/h1-8,16H,9H2,(H,18,19). The summed E-state index contributed by atoms with van der Waals surface area (Å²) >= 11 is 0. The summed E-state index contributed by atoms with van der Waals surface area (Å²) in [6, 6.07) is 11.8. The van der Waals surface area contributed by atoms with E-state index in [1.54, 1.807) is 18.2 Å². The van der Waals surface area contributed by atoms with Gasteiger partial charge in [0, 0.05) is 28.9 Å². The van der Waals surface area contributed by atoms with Gasteiger partial charge in [0.15, 0.2) is 5.78 Å². The van der Waals surface area contributed by atoms with Crippen LogP contribution in [-0.2, 0) is 4.79 Å². The van der Waals surface area contributed by atoms with Gasteiger partial charge in [0.2, 0.25) is 0 Å². The number of hydrogen-bond acceptors (Lipinski definition) is 5. The van der Waals surface area contributed by atoms with Crippen molar-refractivity contribution in [1.82, 2.24) is 0 Å². The molecule has 0 aliphatic carbocycles. The summed E-state index contributed by atoms with van der Waals surface area (Å²) in [7, 11) is 0. The molecule has 2 aromatic carbocycles. The number of ketones is 1. The third kappa shape index (κ3) is 3.66. The summed E-state index contributed by atoms with van der Waals surface area (Å²) in [6.45, 7) is -0.269. The van der Waals surface area contributed by atoms with Crippen LogP contribution >= 0.6 is 0 Å². The van der Waals surface area contributed by atoms with Gasteiger partial charge >= 0.3 is 5.97 Å². The number of anilines is 1. The van der Waals surface area contributed by atoms with Crippen molar-refractivity contribution in [3.8, 4) is 0 Å². The first-order valence-electron chi connectivity index (χ1n) is 6.32. The Kier molecular flexibility index (Phi) is 4.47. The number of carboxylic acid groups (broad SMARTS) is 1. The number of hydrogen-bond donors (Lipinski definition) is 2. The predicted molar refractivity (Wildman–Crippen MR) is 79.1 cm³/mol. The molecular weight excluding hydrogens is 288 g/mol. The highest BCUT2D eigenvalue weighted by Crippen LogP contribution is 2.18. The van der Waals surface area contributed by atoms with E-state index in [4.69, 9.17) is 5.11 Å². The normalized spacial score (nSPS) is 10.0. The number of nitro groups is 1. The minimum absolute atomic E-state index is 0.161. The second-order valence-corrected chi connectivity index (χ2v) is 4.46. The van der Waals surface area contributed by atoms with Gasteiger partial charge < -0.3 is 10.4 Å². The molecule has 7 heteroatoms. The number of rotatable bonds is 6. The third-order valence-electron chi connectivity index (χ3n) is 2.89. The molecule has 0 atom stereocenters. The molecule has 0 unspecified atom stereocenters. The fourth-order valence-corrected chi connectivity index (χ4v) is 1.88. The number of aliphatic carboxylic acids is 1. The lowest BCUT2D eigenvalue weighted by molar-refractivity contribution is -0.384. The number of benzene rings is 2. The summed E-state index contributed by atoms with van der Waals surface area (Å²) < 4.78 is 0. The molecule has 0 radical (unpaired) electrons. The molecule has 2 N–H and O–H groups in total. The predicted octanol–water partition coefficient (Wildman–Crippen LogP) is 2.32. The average molecular weight is 300 g/mol. The Balaban J connectivity index is 2.25. The van der Waals surface area contributed by atoms with Crippen molar-refractivity contribution in [3.63, 3.8) is 0 Å². The zero-order valence-electron chi connectivity index (χ0n) is 11.4. The molecule has 22 heavy (non-hydrogen) atoms. The van der Waals surface area contributed by atoms with Gasteiger partial charge in [0.25, 0.3) is 5.69 Å². The fourth-order valence-electron chi connectivity index (χ4n) is 1.88. The Hall–Kier alpha value is -3.22. The van der Waals surface area contributed by atoms with E-state index < -0.39 is 10.9 Å². The maximum atomic E-state index is 12.3. The van der Waals surface area contributed by atoms with Gasteiger partial charge in [-0.05, 0) is 12.1 Å². The highest BCUT2D eigenvalue weighted by atomic mass is 16.6. The van der Waals surface area contributed by atoms with E-state index in [-0.39, 0.29) is 23.6 Å². The Morgan fingerprint density at radius 3 is 2.36 bits per heavy atom. The first-order valence-corrected chi connectivity index (χ1v) is 6.32. The Labute approximate surface area is 125 Å². The highest BCUT2D eigenvalue weighted by Gasteiger charge is 2.13. The minimum atomic E-state index is -1.02. The first kappa shape index (κ1) is 15.2. The van der Waals surface area contributed by atoms with Crippen LogP contribution in [0, 0.1) is 10.1 Å². The highest BCUT2D eigenvalue weighted by molar-refractivity contribution is 6.09. The van der Waals surface area contributed by atoms with Crippen molar-refractivity contribution in [2.24, 2.45) is 0 Å². The number of non-ortho nitro benzene ring substituents is 1. The summed E-state index contributed by atoms with van der Waals surface area (Å²) in [5.74, 6) is -1.39. The first-order chi connectivity index (χ1) is 10.5. The molecule has 0 bridgehead atoms. The van der Waals surface area contributed by atoms with Crippen molar-refractivity contribution >= 4 is 23.1 Å². The third-order valence-corrected chi connectivity index (χ3v) is 2.89. The van der Waals surface area contributed by atoms with Gasteiger partial charge in [-0.3, -0.25) is 19.7 Å². The van der Waals surface area contributed by atoms with Crippen LogP contribution in [0.2, 0.25) is 0 Å². The van der Waals surface area contributed by atoms with Gasteiger partial charge in [-0.15, -0.1) is 0 Å². The summed E-state index contributed by atoms with van der Waals surface area (Å²) in [6.07, 6.45) is 0. The number of carboxylic acids is 1. The molecule has 2 rings (SSSR count). The van der Waals surface area contributed by atoms with E-state index in [0.717, 1.165) is 0 Å². The quantitative estimate of drug-likeness (QED) is 0.481. The summed E-state index contributed by atoms with van der Waals surface area (Å²) in [5.41, 5.74) is 0.838. The van der Waals surface area contributed by atoms with Gasteiger partial charge in [-0.1, -0.05) is 24.3 Å². The monoisotopic (exact) mass is 300 g/mol. The van der Waals surface area contributed by atoms with Crippen LogP contribution < -0.4 is 5.32 Å².